The van der Waals surface area contributed by atoms with E-state index in [1.54, 1.807) is 13.1 Å². The zero-order valence-corrected chi connectivity index (χ0v) is 12.5. The van der Waals surface area contributed by atoms with Crippen LogP contribution in [-0.4, -0.2) is 23.8 Å². The fourth-order valence-electron chi connectivity index (χ4n) is 2.59. The fourth-order valence-corrected chi connectivity index (χ4v) is 2.59. The summed E-state index contributed by atoms with van der Waals surface area (Å²) in [6, 6.07) is 9.05. The highest BCUT2D eigenvalue weighted by molar-refractivity contribution is 5.89. The maximum Gasteiger partial charge on any atom is 0.343 e. The Morgan fingerprint density at radius 1 is 1.41 bits per heavy atom. The molecular weight excluding hydrogens is 282 g/mol. The summed E-state index contributed by atoms with van der Waals surface area (Å²) in [7, 11) is 0. The van der Waals surface area contributed by atoms with Crippen LogP contribution in [-0.2, 0) is 4.74 Å². The van der Waals surface area contributed by atoms with Crippen LogP contribution in [0.4, 0.5) is 0 Å². The minimum atomic E-state index is -0.589. The Morgan fingerprint density at radius 2 is 2.18 bits per heavy atom. The lowest BCUT2D eigenvalue weighted by molar-refractivity contribution is 0.0523. The monoisotopic (exact) mass is 299 g/mol. The number of rotatable bonds is 2. The first-order valence-corrected chi connectivity index (χ1v) is 7.27. The number of nitrogens with zero attached hydrogens (tertiary/aromatic N) is 1. The van der Waals surface area contributed by atoms with E-state index >= 15 is 0 Å². The number of ether oxygens (including phenoxy) is 2. The van der Waals surface area contributed by atoms with Crippen molar-refractivity contribution in [2.24, 2.45) is 0 Å². The molecule has 0 aliphatic carbocycles. The Morgan fingerprint density at radius 3 is 2.95 bits per heavy atom. The van der Waals surface area contributed by atoms with Gasteiger partial charge in [0.05, 0.1) is 18.3 Å². The van der Waals surface area contributed by atoms with Crippen molar-refractivity contribution in [3.63, 3.8) is 0 Å². The molecule has 5 heteroatoms. The van der Waals surface area contributed by atoms with Crippen molar-refractivity contribution >= 4 is 5.97 Å². The van der Waals surface area contributed by atoms with E-state index < -0.39 is 5.97 Å². The number of hydrogen-bond acceptors (Lipinski definition) is 4. The Hall–Kier alpha value is -2.56. The van der Waals surface area contributed by atoms with Crippen LogP contribution in [0.1, 0.15) is 30.2 Å². The number of pyridine rings is 1. The number of fused-ring (bicyclic) bond motifs is 3. The normalized spacial score (nSPS) is 16.0. The van der Waals surface area contributed by atoms with Crippen LogP contribution in [0.15, 0.2) is 41.3 Å². The predicted octanol–water partition coefficient (Wildman–Crippen LogP) is 2.65. The second kappa shape index (κ2) is 5.67. The van der Waals surface area contributed by atoms with E-state index in [2.05, 4.69) is 0 Å². The molecule has 0 bridgehead atoms. The number of aromatic nitrogens is 1. The van der Waals surface area contributed by atoms with E-state index in [0.717, 1.165) is 17.0 Å². The smallest absolute Gasteiger partial charge is 0.343 e. The number of carbonyl (C=O) groups excluding carboxylic acids is 1. The first-order chi connectivity index (χ1) is 10.6. The maximum atomic E-state index is 12.3. The van der Waals surface area contributed by atoms with Gasteiger partial charge in [0.1, 0.15) is 17.9 Å². The summed E-state index contributed by atoms with van der Waals surface area (Å²) in [5.74, 6) is 0.150. The molecule has 0 fully saturated rings. The zero-order valence-electron chi connectivity index (χ0n) is 12.5. The Kier molecular flexibility index (Phi) is 3.71. The second-order valence-electron chi connectivity index (χ2n) is 5.22. The topological polar surface area (TPSA) is 57.5 Å². The molecule has 0 radical (unpaired) electrons. The van der Waals surface area contributed by atoms with Gasteiger partial charge >= 0.3 is 5.97 Å². The molecule has 0 spiro atoms. The molecule has 22 heavy (non-hydrogen) atoms. The molecule has 114 valence electrons. The highest BCUT2D eigenvalue weighted by Crippen LogP contribution is 2.34. The minimum Gasteiger partial charge on any atom is -0.491 e. The fraction of sp³-hybridized carbons (Fsp3) is 0.294. The van der Waals surface area contributed by atoms with Crippen molar-refractivity contribution in [2.45, 2.75) is 19.9 Å². The summed E-state index contributed by atoms with van der Waals surface area (Å²) >= 11 is 0. The van der Waals surface area contributed by atoms with Gasteiger partial charge in [0, 0.05) is 17.8 Å². The molecule has 1 aliphatic rings. The van der Waals surface area contributed by atoms with Crippen molar-refractivity contribution in [3.05, 3.63) is 52.3 Å². The molecule has 0 N–H and O–H groups in total. The van der Waals surface area contributed by atoms with Gasteiger partial charge in [-0.3, -0.25) is 4.79 Å². The van der Waals surface area contributed by atoms with E-state index in [-0.39, 0.29) is 23.6 Å². The first kappa shape index (κ1) is 14.4. The lowest BCUT2D eigenvalue weighted by Gasteiger charge is -2.17. The molecule has 2 aromatic rings. The van der Waals surface area contributed by atoms with E-state index in [0.29, 0.717) is 6.61 Å². The van der Waals surface area contributed by atoms with Crippen molar-refractivity contribution in [3.8, 4) is 17.0 Å². The maximum absolute atomic E-state index is 12.3. The van der Waals surface area contributed by atoms with Crippen LogP contribution >= 0.6 is 0 Å². The highest BCUT2D eigenvalue weighted by Gasteiger charge is 2.22. The molecule has 0 amide bonds. The molecule has 0 saturated heterocycles. The molecule has 2 heterocycles. The Balaban J connectivity index is 2.21. The highest BCUT2D eigenvalue weighted by atomic mass is 16.5. The van der Waals surface area contributed by atoms with Crippen LogP contribution < -0.4 is 10.2 Å². The number of benzene rings is 1. The van der Waals surface area contributed by atoms with Crippen LogP contribution in [0, 0.1) is 0 Å². The van der Waals surface area contributed by atoms with Gasteiger partial charge < -0.3 is 14.0 Å². The minimum absolute atomic E-state index is 0.00354. The standard InChI is InChI=1S/C17H17NO4/c1-3-21-17(20)13-9-18-11(2)10-22-16-7-5-4-6-12(16)14(18)8-15(13)19/h4-9,11H,3,10H2,1-2H3. The summed E-state index contributed by atoms with van der Waals surface area (Å²) < 4.78 is 12.6. The average Bonchev–Trinajstić information content (AvgIpc) is 2.65. The van der Waals surface area contributed by atoms with E-state index in [9.17, 15) is 9.59 Å². The van der Waals surface area contributed by atoms with Crippen molar-refractivity contribution < 1.29 is 14.3 Å². The molecule has 1 unspecified atom stereocenters. The number of carbonyl (C=O) groups is 1. The third kappa shape index (κ3) is 2.39. The van der Waals surface area contributed by atoms with Crippen LogP contribution in [0.5, 0.6) is 5.75 Å². The Bertz CT molecular complexity index is 778. The van der Waals surface area contributed by atoms with Crippen LogP contribution in [0.3, 0.4) is 0 Å². The summed E-state index contributed by atoms with van der Waals surface area (Å²) in [5, 5.41) is 0. The zero-order chi connectivity index (χ0) is 15.7. The largest absolute Gasteiger partial charge is 0.491 e. The lowest BCUT2D eigenvalue weighted by atomic mass is 10.1. The molecule has 1 aromatic heterocycles. The number of hydrogen-bond donors (Lipinski definition) is 0. The summed E-state index contributed by atoms with van der Waals surface area (Å²) in [5.41, 5.74) is 1.31. The van der Waals surface area contributed by atoms with Crippen molar-refractivity contribution in [2.75, 3.05) is 13.2 Å². The van der Waals surface area contributed by atoms with Crippen molar-refractivity contribution in [1.29, 1.82) is 0 Å². The molecule has 1 aromatic carbocycles. The molecule has 0 saturated carbocycles. The van der Waals surface area contributed by atoms with Gasteiger partial charge in [0.15, 0.2) is 5.43 Å². The molecule has 1 atom stereocenters. The van der Waals surface area contributed by atoms with Crippen molar-refractivity contribution in [1.82, 2.24) is 4.57 Å². The number of esters is 1. The van der Waals surface area contributed by atoms with Gasteiger partial charge in [0.25, 0.3) is 0 Å². The van der Waals surface area contributed by atoms with Crippen LogP contribution in [0.25, 0.3) is 11.3 Å². The SMILES string of the molecule is CCOC(=O)c1cn2c(cc1=O)-c1ccccc1OCC2C. The Labute approximate surface area is 128 Å². The first-order valence-electron chi connectivity index (χ1n) is 7.27. The molecule has 1 aliphatic heterocycles. The second-order valence-corrected chi connectivity index (χ2v) is 5.22. The van der Waals surface area contributed by atoms with E-state index in [1.807, 2.05) is 35.8 Å². The van der Waals surface area contributed by atoms with E-state index in [4.69, 9.17) is 9.47 Å². The van der Waals surface area contributed by atoms with Gasteiger partial charge in [0.2, 0.25) is 0 Å². The van der Waals surface area contributed by atoms with Gasteiger partial charge in [-0.1, -0.05) is 12.1 Å². The molecule has 3 rings (SSSR count). The summed E-state index contributed by atoms with van der Waals surface area (Å²) in [6.45, 7) is 4.40. The van der Waals surface area contributed by atoms with Crippen LogP contribution in [0.2, 0.25) is 0 Å². The summed E-state index contributed by atoms with van der Waals surface area (Å²) in [6.07, 6.45) is 1.58. The van der Waals surface area contributed by atoms with Gasteiger partial charge in [-0.05, 0) is 26.0 Å². The lowest BCUT2D eigenvalue weighted by Crippen LogP contribution is -2.22. The van der Waals surface area contributed by atoms with Gasteiger partial charge in [-0.2, -0.15) is 0 Å². The quantitative estimate of drug-likeness (QED) is 0.800. The van der Waals surface area contributed by atoms with Gasteiger partial charge in [-0.25, -0.2) is 4.79 Å². The predicted molar refractivity (Wildman–Crippen MR) is 82.3 cm³/mol. The average molecular weight is 299 g/mol. The third-order valence-electron chi connectivity index (χ3n) is 3.69. The van der Waals surface area contributed by atoms with E-state index in [1.165, 1.54) is 6.07 Å². The number of para-hydroxylation sites is 1. The third-order valence-corrected chi connectivity index (χ3v) is 3.69. The molecular formula is C17H17NO4. The van der Waals surface area contributed by atoms with Gasteiger partial charge in [-0.15, -0.1) is 0 Å². The molecule has 5 nitrogen and oxygen atoms in total. The summed E-state index contributed by atoms with van der Waals surface area (Å²) in [4.78, 5) is 24.2.